The molecule has 4 nitrogen and oxygen atoms in total. The molecule has 0 aromatic heterocycles. The maximum Gasteiger partial charge on any atom is 0.244 e. The van der Waals surface area contributed by atoms with Crippen LogP contribution < -0.4 is 10.6 Å². The van der Waals surface area contributed by atoms with Crippen LogP contribution in [0, 0.1) is 17.7 Å². The van der Waals surface area contributed by atoms with E-state index in [1.165, 1.54) is 11.6 Å². The van der Waals surface area contributed by atoms with E-state index in [0.717, 1.165) is 44.1 Å². The van der Waals surface area contributed by atoms with Gasteiger partial charge in [0, 0.05) is 24.6 Å². The fourth-order valence-corrected chi connectivity index (χ4v) is 4.63. The van der Waals surface area contributed by atoms with Crippen molar-refractivity contribution < 1.29 is 14.0 Å². The molecule has 1 unspecified atom stereocenters. The predicted molar refractivity (Wildman–Crippen MR) is 123 cm³/mol. The quantitative estimate of drug-likeness (QED) is 0.553. The summed E-state index contributed by atoms with van der Waals surface area (Å²) in [5.74, 6) is 0.227. The van der Waals surface area contributed by atoms with E-state index in [-0.39, 0.29) is 24.2 Å². The topological polar surface area (TPSA) is 58.2 Å². The molecule has 0 heterocycles. The summed E-state index contributed by atoms with van der Waals surface area (Å²) in [7, 11) is 0. The summed E-state index contributed by atoms with van der Waals surface area (Å²) in [5, 5.41) is 5.82. The van der Waals surface area contributed by atoms with E-state index in [0.29, 0.717) is 23.8 Å². The van der Waals surface area contributed by atoms with Gasteiger partial charge in [-0.05, 0) is 62.0 Å². The van der Waals surface area contributed by atoms with E-state index >= 15 is 0 Å². The van der Waals surface area contributed by atoms with Crippen molar-refractivity contribution in [3.8, 4) is 0 Å². The normalized spacial score (nSPS) is 20.5. The van der Waals surface area contributed by atoms with Crippen LogP contribution in [0.2, 0.25) is 0 Å². The molecule has 2 N–H and O–H groups in total. The van der Waals surface area contributed by atoms with Gasteiger partial charge in [-0.2, -0.15) is 0 Å². The van der Waals surface area contributed by atoms with Crippen molar-refractivity contribution in [2.45, 2.75) is 51.0 Å². The molecule has 2 aliphatic carbocycles. The largest absolute Gasteiger partial charge is 0.350 e. The molecule has 2 amide bonds. The number of carbonyl (C=O) groups excluding carboxylic acids is 2. The number of nitrogens with one attached hydrogen (secondary N) is 2. The molecule has 0 bridgehead atoms. The van der Waals surface area contributed by atoms with Gasteiger partial charge in [0.15, 0.2) is 0 Å². The highest BCUT2D eigenvalue weighted by molar-refractivity contribution is 5.88. The number of rotatable bonds is 9. The average Bonchev–Trinajstić information content (AvgIpc) is 3.28. The monoisotopic (exact) mass is 434 g/mol. The number of carbonyl (C=O) groups is 2. The minimum atomic E-state index is -0.596. The van der Waals surface area contributed by atoms with E-state index in [1.807, 2.05) is 18.2 Å². The van der Waals surface area contributed by atoms with Crippen LogP contribution in [0.5, 0.6) is 0 Å². The summed E-state index contributed by atoms with van der Waals surface area (Å²) in [5.41, 5.74) is 2.85. The van der Waals surface area contributed by atoms with Crippen molar-refractivity contribution in [3.63, 3.8) is 0 Å². The summed E-state index contributed by atoms with van der Waals surface area (Å²) in [6.07, 6.45) is 8.29. The van der Waals surface area contributed by atoms with E-state index in [1.54, 1.807) is 24.3 Å². The lowest BCUT2D eigenvalue weighted by Crippen LogP contribution is -2.38. The van der Waals surface area contributed by atoms with Gasteiger partial charge in [0.25, 0.3) is 0 Å². The zero-order chi connectivity index (χ0) is 22.3. The Bertz CT molecular complexity index is 965. The molecule has 5 heteroatoms. The maximum absolute atomic E-state index is 14.4. The third kappa shape index (κ3) is 6.28. The first-order chi connectivity index (χ1) is 15.6. The first-order valence-electron chi connectivity index (χ1n) is 11.6. The average molecular weight is 435 g/mol. The lowest BCUT2D eigenvalue weighted by Gasteiger charge is -2.20. The van der Waals surface area contributed by atoms with Crippen LogP contribution >= 0.6 is 0 Å². The number of amides is 2. The molecule has 4 rings (SSSR count). The van der Waals surface area contributed by atoms with Gasteiger partial charge in [-0.15, -0.1) is 0 Å². The smallest absolute Gasteiger partial charge is 0.244 e. The second kappa shape index (κ2) is 10.6. The van der Waals surface area contributed by atoms with Crippen molar-refractivity contribution in [1.29, 1.82) is 0 Å². The zero-order valence-electron chi connectivity index (χ0n) is 18.4. The third-order valence-corrected chi connectivity index (χ3v) is 6.53. The predicted octanol–water partition coefficient (Wildman–Crippen LogP) is 4.87. The Kier molecular flexibility index (Phi) is 7.35. The van der Waals surface area contributed by atoms with Crippen molar-refractivity contribution in [3.05, 3.63) is 83.2 Å². The molecule has 2 aromatic carbocycles. The lowest BCUT2D eigenvalue weighted by molar-refractivity contribution is -0.123. The van der Waals surface area contributed by atoms with Gasteiger partial charge in [0.05, 0.1) is 6.04 Å². The van der Waals surface area contributed by atoms with Crippen LogP contribution in [0.3, 0.4) is 0 Å². The van der Waals surface area contributed by atoms with Gasteiger partial charge in [-0.1, -0.05) is 54.1 Å². The molecular weight excluding hydrogens is 403 g/mol. The summed E-state index contributed by atoms with van der Waals surface area (Å²) in [6, 6.07) is 16.1. The molecular formula is C27H31FN2O2. The highest BCUT2D eigenvalue weighted by atomic mass is 19.1. The first kappa shape index (κ1) is 22.3. The fraction of sp³-hybridized carbons (Fsp3) is 0.407. The Labute approximate surface area is 189 Å². The van der Waals surface area contributed by atoms with Crippen LogP contribution in [0.25, 0.3) is 0 Å². The number of hydrogen-bond donors (Lipinski definition) is 2. The third-order valence-electron chi connectivity index (χ3n) is 6.53. The Morgan fingerprint density at radius 2 is 1.72 bits per heavy atom. The standard InChI is InChI=1S/C27H31FN2O2/c28-24-13-7-6-12-23(24)25(18-29-26(31)15-20-10-4-5-11-20)30-27(32)17-22-16-21(22)14-19-8-2-1-3-9-19/h1-3,6-9,12-13,15,21-22,25H,4-5,10-11,14,16-18H2,(H,29,31)(H,30,32)/t21-,22+,25?/m1/s1. The number of benzene rings is 2. The molecule has 0 radical (unpaired) electrons. The summed E-state index contributed by atoms with van der Waals surface area (Å²) in [6.45, 7) is 0.160. The van der Waals surface area contributed by atoms with Crippen molar-refractivity contribution in [2.24, 2.45) is 11.8 Å². The van der Waals surface area contributed by atoms with Crippen LogP contribution in [-0.4, -0.2) is 18.4 Å². The van der Waals surface area contributed by atoms with E-state index < -0.39 is 6.04 Å². The van der Waals surface area contributed by atoms with Gasteiger partial charge in [0.2, 0.25) is 11.8 Å². The van der Waals surface area contributed by atoms with Gasteiger partial charge >= 0.3 is 0 Å². The summed E-state index contributed by atoms with van der Waals surface area (Å²) in [4.78, 5) is 25.1. The molecule has 0 spiro atoms. The Hall–Kier alpha value is -2.95. The van der Waals surface area contributed by atoms with Crippen LogP contribution in [0.4, 0.5) is 4.39 Å². The van der Waals surface area contributed by atoms with Crippen LogP contribution in [0.15, 0.2) is 66.2 Å². The van der Waals surface area contributed by atoms with E-state index in [9.17, 15) is 14.0 Å². The molecule has 2 aliphatic rings. The minimum Gasteiger partial charge on any atom is -0.350 e. The SMILES string of the molecule is O=C(C=C1CCCC1)NCC(NC(=O)C[C@@H]1C[C@H]1Cc1ccccc1)c1ccccc1F. The van der Waals surface area contributed by atoms with Gasteiger partial charge in [-0.3, -0.25) is 9.59 Å². The fourth-order valence-electron chi connectivity index (χ4n) is 4.63. The van der Waals surface area contributed by atoms with Crippen molar-refractivity contribution in [2.75, 3.05) is 6.54 Å². The highest BCUT2D eigenvalue weighted by Crippen LogP contribution is 2.43. The molecule has 2 aromatic rings. The molecule has 2 fully saturated rings. The van der Waals surface area contributed by atoms with Crippen LogP contribution in [0.1, 0.15) is 55.7 Å². The van der Waals surface area contributed by atoms with E-state index in [4.69, 9.17) is 0 Å². The van der Waals surface area contributed by atoms with Gasteiger partial charge in [-0.25, -0.2) is 4.39 Å². The van der Waals surface area contributed by atoms with Gasteiger partial charge < -0.3 is 10.6 Å². The zero-order valence-corrected chi connectivity index (χ0v) is 18.4. The Morgan fingerprint density at radius 3 is 2.47 bits per heavy atom. The summed E-state index contributed by atoms with van der Waals surface area (Å²) >= 11 is 0. The first-order valence-corrected chi connectivity index (χ1v) is 11.6. The van der Waals surface area contributed by atoms with E-state index in [2.05, 4.69) is 22.8 Å². The van der Waals surface area contributed by atoms with Gasteiger partial charge in [0.1, 0.15) is 5.82 Å². The number of hydrogen-bond acceptors (Lipinski definition) is 2. The minimum absolute atomic E-state index is 0.0952. The summed E-state index contributed by atoms with van der Waals surface area (Å²) < 4.78 is 14.4. The molecule has 168 valence electrons. The highest BCUT2D eigenvalue weighted by Gasteiger charge is 2.38. The maximum atomic E-state index is 14.4. The number of allylic oxidation sites excluding steroid dienone is 1. The number of halogens is 1. The van der Waals surface area contributed by atoms with Crippen LogP contribution in [-0.2, 0) is 16.0 Å². The molecule has 2 saturated carbocycles. The molecule has 0 saturated heterocycles. The molecule has 0 aliphatic heterocycles. The molecule has 32 heavy (non-hydrogen) atoms. The molecule has 3 atom stereocenters. The Balaban J connectivity index is 1.33. The Morgan fingerprint density at radius 1 is 1.00 bits per heavy atom. The second-order valence-corrected chi connectivity index (χ2v) is 9.05. The lowest BCUT2D eigenvalue weighted by atomic mass is 10.0. The van der Waals surface area contributed by atoms with Crippen molar-refractivity contribution >= 4 is 11.8 Å². The second-order valence-electron chi connectivity index (χ2n) is 9.05. The van der Waals surface area contributed by atoms with Crippen molar-refractivity contribution in [1.82, 2.24) is 10.6 Å².